The summed E-state index contributed by atoms with van der Waals surface area (Å²) in [6.45, 7) is 14.8. The zero-order valence-corrected chi connectivity index (χ0v) is 43.6. The van der Waals surface area contributed by atoms with Crippen LogP contribution in [0.5, 0.6) is 5.75 Å². The summed E-state index contributed by atoms with van der Waals surface area (Å²) in [7, 11) is 2.03. The van der Waals surface area contributed by atoms with E-state index in [9.17, 15) is 19.5 Å². The first-order valence-corrected chi connectivity index (χ1v) is 26.2. The highest BCUT2D eigenvalue weighted by atomic mass is 32.1. The van der Waals surface area contributed by atoms with Crippen LogP contribution in [-0.2, 0) is 27.3 Å². The highest BCUT2D eigenvalue weighted by molar-refractivity contribution is 7.13. The fourth-order valence-electron chi connectivity index (χ4n) is 10.4. The maximum absolute atomic E-state index is 16.1. The SMILES string of the molecule is Cc1ncsc1-c1ccc(CNC(=O)[C@@H]2C[C@@H](O)CN2C(=O)[C@@H](NC(=O)CCCCCN(C)CCCCOc2cc(F)c([C@@H]3C4=C(C[C@@H](C)N3CC(C)(C)F)c3ccccc3C4)c(F)c2)C(C)(C)C)cc1. The van der Waals surface area contributed by atoms with E-state index < -0.39 is 46.9 Å². The number of hydrogen-bond acceptors (Lipinski definition) is 9. The molecule has 1 saturated heterocycles. The van der Waals surface area contributed by atoms with E-state index in [0.717, 1.165) is 76.3 Å². The number of β-amino-alcohol motifs (C(OH)–C–C–N with tert-alkyl or cyclic N) is 1. The molecule has 0 spiro atoms. The third-order valence-corrected chi connectivity index (χ3v) is 15.1. The average Bonchev–Trinajstić information content (AvgIpc) is 4.03. The van der Waals surface area contributed by atoms with Gasteiger partial charge >= 0.3 is 0 Å². The molecule has 1 aliphatic carbocycles. The molecule has 0 radical (unpaired) electrons. The summed E-state index contributed by atoms with van der Waals surface area (Å²) in [5, 5.41) is 16.5. The Kier molecular flexibility index (Phi) is 17.5. The van der Waals surface area contributed by atoms with E-state index in [2.05, 4.69) is 32.7 Å². The molecule has 3 heterocycles. The number of carbonyl (C=O) groups excluding carboxylic acids is 3. The van der Waals surface area contributed by atoms with Gasteiger partial charge in [0.15, 0.2) is 0 Å². The number of thiazole rings is 1. The van der Waals surface area contributed by atoms with Crippen molar-refractivity contribution in [2.24, 2.45) is 5.41 Å². The van der Waals surface area contributed by atoms with Crippen LogP contribution in [0.2, 0.25) is 0 Å². The number of likely N-dealkylation sites (tertiary alicyclic amines) is 1. The van der Waals surface area contributed by atoms with E-state index in [-0.39, 0.29) is 67.6 Å². The van der Waals surface area contributed by atoms with Gasteiger partial charge in [-0.15, -0.1) is 11.3 Å². The van der Waals surface area contributed by atoms with Gasteiger partial charge in [-0.25, -0.2) is 18.2 Å². The smallest absolute Gasteiger partial charge is 0.246 e. The number of nitrogens with zero attached hydrogens (tertiary/aromatic N) is 4. The van der Waals surface area contributed by atoms with E-state index in [1.807, 2.05) is 88.5 Å². The minimum Gasteiger partial charge on any atom is -0.493 e. The molecule has 71 heavy (non-hydrogen) atoms. The number of hydrogen-bond donors (Lipinski definition) is 3. The molecule has 3 aliphatic rings. The average molecular weight is 999 g/mol. The molecular weight excluding hydrogens is 926 g/mol. The van der Waals surface area contributed by atoms with Crippen LogP contribution in [0, 0.1) is 24.0 Å². The number of benzene rings is 3. The Morgan fingerprint density at radius 3 is 2.32 bits per heavy atom. The number of fused-ring (bicyclic) bond motifs is 2. The predicted octanol–water partition coefficient (Wildman–Crippen LogP) is 9.75. The van der Waals surface area contributed by atoms with Crippen LogP contribution in [0.4, 0.5) is 13.2 Å². The van der Waals surface area contributed by atoms with Crippen LogP contribution in [0.3, 0.4) is 0 Å². The highest BCUT2D eigenvalue weighted by Gasteiger charge is 2.45. The number of carbonyl (C=O) groups is 3. The van der Waals surface area contributed by atoms with Crippen molar-refractivity contribution in [3.05, 3.63) is 111 Å². The number of aryl methyl sites for hydroxylation is 1. The van der Waals surface area contributed by atoms with Crippen molar-refractivity contribution in [1.82, 2.24) is 30.3 Å². The fraction of sp³-hybridized carbons (Fsp3) is 0.536. The fourth-order valence-corrected chi connectivity index (χ4v) is 11.2. The van der Waals surface area contributed by atoms with Crippen molar-refractivity contribution in [3.8, 4) is 16.2 Å². The Balaban J connectivity index is 0.818. The molecule has 15 heteroatoms. The Morgan fingerprint density at radius 2 is 1.66 bits per heavy atom. The topological polar surface area (TPSA) is 127 Å². The molecule has 7 rings (SSSR count). The molecule has 3 N–H and O–H groups in total. The van der Waals surface area contributed by atoms with Crippen LogP contribution >= 0.6 is 11.3 Å². The van der Waals surface area contributed by atoms with Gasteiger partial charge in [0.2, 0.25) is 17.7 Å². The number of rotatable bonds is 21. The summed E-state index contributed by atoms with van der Waals surface area (Å²) >= 11 is 1.57. The van der Waals surface area contributed by atoms with Crippen LogP contribution in [0.1, 0.15) is 127 Å². The second-order valence-electron chi connectivity index (χ2n) is 21.6. The Bertz CT molecular complexity index is 2510. The Hall–Kier alpha value is -5.09. The maximum atomic E-state index is 16.1. The van der Waals surface area contributed by atoms with Gasteiger partial charge in [-0.1, -0.05) is 75.7 Å². The largest absolute Gasteiger partial charge is 0.493 e. The molecule has 0 saturated carbocycles. The third kappa shape index (κ3) is 13.5. The lowest BCUT2D eigenvalue weighted by Gasteiger charge is -2.44. The molecule has 0 bridgehead atoms. The van der Waals surface area contributed by atoms with Crippen molar-refractivity contribution < 1.29 is 37.4 Å². The molecule has 3 aromatic carbocycles. The number of aliphatic hydroxyl groups excluding tert-OH is 1. The van der Waals surface area contributed by atoms with Crippen molar-refractivity contribution in [2.45, 2.75) is 149 Å². The lowest BCUT2D eigenvalue weighted by atomic mass is 9.84. The summed E-state index contributed by atoms with van der Waals surface area (Å²) in [6, 6.07) is 15.9. The summed E-state index contributed by atoms with van der Waals surface area (Å²) < 4.78 is 53.3. The van der Waals surface area contributed by atoms with Crippen molar-refractivity contribution in [3.63, 3.8) is 0 Å². The van der Waals surface area contributed by atoms with Crippen molar-refractivity contribution in [2.75, 3.05) is 39.8 Å². The van der Waals surface area contributed by atoms with E-state index in [1.54, 1.807) is 11.3 Å². The number of ether oxygens (including phenoxy) is 1. The molecule has 5 atom stereocenters. The van der Waals surface area contributed by atoms with Crippen LogP contribution in [0.25, 0.3) is 16.0 Å². The first-order valence-electron chi connectivity index (χ1n) is 25.3. The Labute approximate surface area is 422 Å². The molecule has 1 aromatic heterocycles. The number of aromatic nitrogens is 1. The lowest BCUT2D eigenvalue weighted by molar-refractivity contribution is -0.144. The zero-order valence-electron chi connectivity index (χ0n) is 42.8. The van der Waals surface area contributed by atoms with Gasteiger partial charge in [-0.2, -0.15) is 0 Å². The second-order valence-corrected chi connectivity index (χ2v) is 22.5. The van der Waals surface area contributed by atoms with E-state index in [1.165, 1.54) is 30.9 Å². The van der Waals surface area contributed by atoms with Gasteiger partial charge in [0.25, 0.3) is 0 Å². The normalized spacial score (nSPS) is 19.8. The summed E-state index contributed by atoms with van der Waals surface area (Å²) in [5.74, 6) is -2.24. The second kappa shape index (κ2) is 23.2. The minimum atomic E-state index is -1.56. The first kappa shape index (κ1) is 53.7. The van der Waals surface area contributed by atoms with Gasteiger partial charge in [-0.05, 0) is 125 Å². The molecule has 2 aliphatic heterocycles. The number of halogens is 3. The van der Waals surface area contributed by atoms with Gasteiger partial charge in [0.05, 0.1) is 34.8 Å². The highest BCUT2D eigenvalue weighted by Crippen LogP contribution is 2.50. The number of aliphatic hydroxyl groups is 1. The summed E-state index contributed by atoms with van der Waals surface area (Å²) in [6.07, 6.45) is 4.58. The molecule has 3 amide bonds. The number of alkyl halides is 1. The van der Waals surface area contributed by atoms with Gasteiger partial charge in [-0.3, -0.25) is 19.3 Å². The molecule has 4 aromatic rings. The minimum absolute atomic E-state index is 0.00857. The van der Waals surface area contributed by atoms with E-state index in [0.29, 0.717) is 32.3 Å². The summed E-state index contributed by atoms with van der Waals surface area (Å²) in [5.41, 5.74) is 6.74. The molecule has 1 fully saturated rings. The first-order chi connectivity index (χ1) is 33.7. The lowest BCUT2D eigenvalue weighted by Crippen LogP contribution is -2.57. The molecule has 0 unspecified atom stereocenters. The van der Waals surface area contributed by atoms with Crippen molar-refractivity contribution in [1.29, 1.82) is 0 Å². The quantitative estimate of drug-likeness (QED) is 0.0705. The van der Waals surface area contributed by atoms with E-state index in [4.69, 9.17) is 4.74 Å². The van der Waals surface area contributed by atoms with E-state index >= 15 is 13.2 Å². The number of amides is 3. The molecule has 11 nitrogen and oxygen atoms in total. The number of unbranched alkanes of at least 4 members (excludes halogenated alkanes) is 3. The molecular formula is C56H73F3N6O5S. The summed E-state index contributed by atoms with van der Waals surface area (Å²) in [4.78, 5) is 51.8. The third-order valence-electron chi connectivity index (χ3n) is 14.1. The standard InChI is InChI=1S/C56H73F3N6O5S/c1-35-26-43-42-17-12-11-16-39(42)27-44(43)50(65(35)33-56(6,7)59)49-45(57)29-41(30-46(49)58)70-25-15-14-24-63(8)23-13-9-10-18-48(67)62-52(55(3,4)5)54(69)64-32-40(66)28-47(64)53(68)60-31-37-19-21-38(22-20-37)51-36(2)61-34-71-51/h11-12,16-17,19-22,29-30,34-35,40,47,50,52,66H,9-10,13-15,18,23-28,31-33H2,1-8H3,(H,60,68)(H,62,67)/t35-,40-,47+,50+,52-/m1/s1. The van der Waals surface area contributed by atoms with Gasteiger partial charge in [0, 0.05) is 56.2 Å². The Morgan fingerprint density at radius 1 is 0.972 bits per heavy atom. The van der Waals surface area contributed by atoms with Crippen LogP contribution in [-0.4, -0.2) is 112 Å². The molecule has 384 valence electrons. The van der Waals surface area contributed by atoms with Crippen LogP contribution in [0.15, 0.2) is 71.7 Å². The van der Waals surface area contributed by atoms with Crippen molar-refractivity contribution >= 4 is 34.6 Å². The van der Waals surface area contributed by atoms with Gasteiger partial charge in [0.1, 0.15) is 35.1 Å². The monoisotopic (exact) mass is 999 g/mol. The van der Waals surface area contributed by atoms with Crippen LogP contribution < -0.4 is 15.4 Å². The maximum Gasteiger partial charge on any atom is 0.246 e. The predicted molar refractivity (Wildman–Crippen MR) is 274 cm³/mol. The van der Waals surface area contributed by atoms with Gasteiger partial charge < -0.3 is 30.3 Å². The zero-order chi connectivity index (χ0) is 51.2. The number of nitrogens with one attached hydrogen (secondary N) is 2.